The van der Waals surface area contributed by atoms with Crippen LogP contribution in [0.4, 0.5) is 4.39 Å². The first-order valence-corrected chi connectivity index (χ1v) is 9.16. The van der Waals surface area contributed by atoms with Crippen molar-refractivity contribution < 1.29 is 18.7 Å². The third-order valence-electron chi connectivity index (χ3n) is 3.34. The highest BCUT2D eigenvalue weighted by Crippen LogP contribution is 2.46. The highest BCUT2D eigenvalue weighted by molar-refractivity contribution is 8.19. The number of hydrogen-bond donors (Lipinski definition) is 0. The predicted molar refractivity (Wildman–Crippen MR) is 92.0 cm³/mol. The van der Waals surface area contributed by atoms with E-state index in [-0.39, 0.29) is 5.56 Å². The van der Waals surface area contributed by atoms with Gasteiger partial charge in [0.25, 0.3) is 0 Å². The van der Waals surface area contributed by atoms with Crippen molar-refractivity contribution in [2.24, 2.45) is 0 Å². The van der Waals surface area contributed by atoms with Gasteiger partial charge < -0.3 is 9.47 Å². The summed E-state index contributed by atoms with van der Waals surface area (Å²) in [5, 5.41) is 0. The van der Waals surface area contributed by atoms with Gasteiger partial charge in [0, 0.05) is 11.5 Å². The molecule has 1 heterocycles. The topological polar surface area (TPSA) is 35.5 Å². The highest BCUT2D eigenvalue weighted by atomic mass is 32.2. The molecule has 0 aromatic heterocycles. The molecule has 1 fully saturated rings. The highest BCUT2D eigenvalue weighted by Gasteiger charge is 2.21. The van der Waals surface area contributed by atoms with Gasteiger partial charge in [-0.05, 0) is 35.9 Å². The molecule has 120 valence electrons. The summed E-state index contributed by atoms with van der Waals surface area (Å²) in [4.78, 5) is 12.1. The zero-order valence-corrected chi connectivity index (χ0v) is 14.1. The van der Waals surface area contributed by atoms with Crippen molar-refractivity contribution in [1.82, 2.24) is 0 Å². The van der Waals surface area contributed by atoms with Crippen molar-refractivity contribution in [3.05, 3.63) is 59.4 Å². The third kappa shape index (κ3) is 3.82. The molecule has 0 bridgehead atoms. The van der Waals surface area contributed by atoms with Crippen molar-refractivity contribution in [3.63, 3.8) is 0 Å². The van der Waals surface area contributed by atoms with Gasteiger partial charge in [0.2, 0.25) is 0 Å². The second-order valence-electron chi connectivity index (χ2n) is 4.88. The maximum Gasteiger partial charge on any atom is 0.343 e. The molecule has 0 unspecified atom stereocenters. The molecule has 0 aliphatic carbocycles. The van der Waals surface area contributed by atoms with Gasteiger partial charge >= 0.3 is 5.97 Å². The van der Waals surface area contributed by atoms with E-state index >= 15 is 0 Å². The molecule has 1 saturated heterocycles. The molecule has 23 heavy (non-hydrogen) atoms. The van der Waals surface area contributed by atoms with E-state index in [0.717, 1.165) is 23.1 Å². The third-order valence-corrected chi connectivity index (χ3v) is 6.45. The lowest BCUT2D eigenvalue weighted by molar-refractivity contribution is 0.0729. The van der Waals surface area contributed by atoms with Crippen LogP contribution < -0.4 is 9.47 Å². The van der Waals surface area contributed by atoms with E-state index in [9.17, 15) is 9.18 Å². The minimum Gasteiger partial charge on any atom is -0.493 e. The van der Waals surface area contributed by atoms with E-state index in [1.54, 1.807) is 6.07 Å². The van der Waals surface area contributed by atoms with Crippen molar-refractivity contribution in [2.75, 3.05) is 18.6 Å². The summed E-state index contributed by atoms with van der Waals surface area (Å²) in [7, 11) is 1.54. The number of hydrogen-bond acceptors (Lipinski definition) is 5. The van der Waals surface area contributed by atoms with Crippen LogP contribution in [-0.4, -0.2) is 24.6 Å². The zero-order chi connectivity index (χ0) is 16.2. The van der Waals surface area contributed by atoms with Crippen LogP contribution in [0.2, 0.25) is 0 Å². The SMILES string of the molecule is COc1cc(C2SCCS2)ccc1OC(=O)c1cccc(F)c1. The molecule has 2 aromatic rings. The first kappa shape index (κ1) is 16.2. The Kier molecular flexibility index (Phi) is 5.13. The Morgan fingerprint density at radius 3 is 2.61 bits per heavy atom. The van der Waals surface area contributed by atoms with Crippen LogP contribution in [-0.2, 0) is 0 Å². The van der Waals surface area contributed by atoms with Crippen molar-refractivity contribution in [1.29, 1.82) is 0 Å². The number of methoxy groups -OCH3 is 1. The second kappa shape index (κ2) is 7.27. The molecule has 0 N–H and O–H groups in total. The molecule has 0 spiro atoms. The lowest BCUT2D eigenvalue weighted by atomic mass is 10.2. The zero-order valence-electron chi connectivity index (χ0n) is 12.5. The Labute approximate surface area is 142 Å². The fourth-order valence-electron chi connectivity index (χ4n) is 2.24. The quantitative estimate of drug-likeness (QED) is 0.598. The van der Waals surface area contributed by atoms with E-state index in [4.69, 9.17) is 9.47 Å². The first-order chi connectivity index (χ1) is 11.2. The van der Waals surface area contributed by atoms with E-state index < -0.39 is 11.8 Å². The standard InChI is InChI=1S/C17H15FO3S2/c1-20-15-10-12(17-22-7-8-23-17)5-6-14(15)21-16(19)11-3-2-4-13(18)9-11/h2-6,9-10,17H,7-8H2,1H3. The average Bonchev–Trinajstić information content (AvgIpc) is 3.09. The first-order valence-electron chi connectivity index (χ1n) is 7.06. The maximum atomic E-state index is 13.2. The molecule has 3 nitrogen and oxygen atoms in total. The van der Waals surface area contributed by atoms with Crippen LogP contribution in [0.15, 0.2) is 42.5 Å². The smallest absolute Gasteiger partial charge is 0.343 e. The Balaban J connectivity index is 1.80. The maximum absolute atomic E-state index is 13.2. The lowest BCUT2D eigenvalue weighted by Gasteiger charge is -2.13. The summed E-state index contributed by atoms with van der Waals surface area (Å²) in [6, 6.07) is 11.0. The minimum absolute atomic E-state index is 0.165. The molecule has 0 atom stereocenters. The van der Waals surface area contributed by atoms with Crippen LogP contribution in [0.5, 0.6) is 11.5 Å². The average molecular weight is 350 g/mol. The van der Waals surface area contributed by atoms with E-state index in [2.05, 4.69) is 0 Å². The van der Waals surface area contributed by atoms with Gasteiger partial charge in [0.05, 0.1) is 17.3 Å². The molecular weight excluding hydrogens is 335 g/mol. The number of ether oxygens (including phenoxy) is 2. The minimum atomic E-state index is -0.611. The fourth-order valence-corrected chi connectivity index (χ4v) is 5.08. The van der Waals surface area contributed by atoms with Crippen LogP contribution in [0.3, 0.4) is 0 Å². The Morgan fingerprint density at radius 2 is 1.91 bits per heavy atom. The Bertz CT molecular complexity index is 715. The number of carbonyl (C=O) groups is 1. The number of carbonyl (C=O) groups excluding carboxylic acids is 1. The molecule has 6 heteroatoms. The van der Waals surface area contributed by atoms with Crippen molar-refractivity contribution in [2.45, 2.75) is 4.58 Å². The second-order valence-corrected chi connectivity index (χ2v) is 7.61. The lowest BCUT2D eigenvalue weighted by Crippen LogP contribution is -2.09. The molecule has 1 aliphatic rings. The Morgan fingerprint density at radius 1 is 1.13 bits per heavy atom. The van der Waals surface area contributed by atoms with Crippen LogP contribution >= 0.6 is 23.5 Å². The monoisotopic (exact) mass is 350 g/mol. The number of halogens is 1. The molecular formula is C17H15FO3S2. The summed E-state index contributed by atoms with van der Waals surface area (Å²) >= 11 is 3.78. The normalized spacial score (nSPS) is 14.7. The van der Waals surface area contributed by atoms with E-state index in [0.29, 0.717) is 16.1 Å². The summed E-state index contributed by atoms with van der Waals surface area (Å²) in [5.74, 6) is 2.01. The largest absolute Gasteiger partial charge is 0.493 e. The summed E-state index contributed by atoms with van der Waals surface area (Å²) < 4.78 is 24.3. The van der Waals surface area contributed by atoms with Gasteiger partial charge in [0.1, 0.15) is 5.82 Å². The molecule has 3 rings (SSSR count). The van der Waals surface area contributed by atoms with Gasteiger partial charge in [-0.15, -0.1) is 23.5 Å². The molecule has 2 aromatic carbocycles. The van der Waals surface area contributed by atoms with Gasteiger partial charge in [-0.2, -0.15) is 0 Å². The van der Waals surface area contributed by atoms with Crippen molar-refractivity contribution in [3.8, 4) is 11.5 Å². The Hall–Kier alpha value is -1.66. The van der Waals surface area contributed by atoms with Gasteiger partial charge in [0.15, 0.2) is 11.5 Å². The molecule has 0 saturated carbocycles. The van der Waals surface area contributed by atoms with Crippen molar-refractivity contribution >= 4 is 29.5 Å². The van der Waals surface area contributed by atoms with E-state index in [1.165, 1.54) is 25.3 Å². The van der Waals surface area contributed by atoms with Crippen LogP contribution in [0, 0.1) is 5.82 Å². The van der Waals surface area contributed by atoms with Gasteiger partial charge in [-0.3, -0.25) is 0 Å². The summed E-state index contributed by atoms with van der Waals surface area (Å²) in [5.41, 5.74) is 1.30. The molecule has 0 radical (unpaired) electrons. The summed E-state index contributed by atoms with van der Waals surface area (Å²) in [6.07, 6.45) is 0. The van der Waals surface area contributed by atoms with Gasteiger partial charge in [-0.25, -0.2) is 9.18 Å². The fraction of sp³-hybridized carbons (Fsp3) is 0.235. The number of rotatable bonds is 4. The van der Waals surface area contributed by atoms with Crippen LogP contribution in [0.25, 0.3) is 0 Å². The number of benzene rings is 2. The predicted octanol–water partition coefficient (Wildman–Crippen LogP) is 4.53. The van der Waals surface area contributed by atoms with E-state index in [1.807, 2.05) is 35.7 Å². The van der Waals surface area contributed by atoms with Gasteiger partial charge in [-0.1, -0.05) is 12.1 Å². The van der Waals surface area contributed by atoms with Crippen LogP contribution in [0.1, 0.15) is 20.5 Å². The number of thioether (sulfide) groups is 2. The molecule has 1 aliphatic heterocycles. The summed E-state index contributed by atoms with van der Waals surface area (Å²) in [6.45, 7) is 0. The number of esters is 1. The molecule has 0 amide bonds.